The summed E-state index contributed by atoms with van der Waals surface area (Å²) in [6, 6.07) is 0.630. The summed E-state index contributed by atoms with van der Waals surface area (Å²) < 4.78 is 5.13. The monoisotopic (exact) mass is 351 g/mol. The summed E-state index contributed by atoms with van der Waals surface area (Å²) in [6.45, 7) is 6.06. The molecule has 4 fully saturated rings. The average Bonchev–Trinajstić information content (AvgIpc) is 2.94. The predicted molar refractivity (Wildman–Crippen MR) is 90.5 cm³/mol. The molecular formula is C18H29N3O4. The number of ether oxygens (including phenoxy) is 1. The lowest BCUT2D eigenvalue weighted by Crippen LogP contribution is -2.52. The summed E-state index contributed by atoms with van der Waals surface area (Å²) in [4.78, 5) is 33.6. The predicted octanol–water partition coefficient (Wildman–Crippen LogP) is 1.20. The lowest BCUT2D eigenvalue weighted by atomic mass is 9.64. The van der Waals surface area contributed by atoms with Crippen molar-refractivity contribution in [1.29, 1.82) is 0 Å². The topological polar surface area (TPSA) is 62.3 Å². The first kappa shape index (κ1) is 17.1. The molecule has 140 valence electrons. The number of hydrogen-bond donors (Lipinski definition) is 0. The average molecular weight is 351 g/mol. The van der Waals surface area contributed by atoms with E-state index in [1.807, 2.05) is 11.8 Å². The van der Waals surface area contributed by atoms with E-state index in [0.29, 0.717) is 29.9 Å². The Morgan fingerprint density at radius 1 is 1.24 bits per heavy atom. The zero-order chi connectivity index (χ0) is 17.8. The third-order valence-corrected chi connectivity index (χ3v) is 6.91. The van der Waals surface area contributed by atoms with Crippen molar-refractivity contribution in [3.63, 3.8) is 0 Å². The molecule has 0 aromatic heterocycles. The van der Waals surface area contributed by atoms with Crippen molar-refractivity contribution in [3.8, 4) is 0 Å². The number of rotatable bonds is 4. The Bertz CT molecular complexity index is 551. The molecule has 0 aromatic rings. The van der Waals surface area contributed by atoms with Gasteiger partial charge in [0.15, 0.2) is 0 Å². The van der Waals surface area contributed by atoms with Crippen LogP contribution in [0.5, 0.6) is 0 Å². The highest BCUT2D eigenvalue weighted by molar-refractivity contribution is 5.81. The number of amides is 2. The molecule has 7 nitrogen and oxygen atoms in total. The first-order valence-corrected chi connectivity index (χ1v) is 9.45. The molecule has 2 unspecified atom stereocenters. The van der Waals surface area contributed by atoms with Gasteiger partial charge in [-0.1, -0.05) is 0 Å². The highest BCUT2D eigenvalue weighted by atomic mass is 16.7. The number of nitrogens with zero attached hydrogens (tertiary/aromatic N) is 3. The van der Waals surface area contributed by atoms with Gasteiger partial charge in [0.1, 0.15) is 0 Å². The van der Waals surface area contributed by atoms with Crippen molar-refractivity contribution >= 4 is 12.0 Å². The van der Waals surface area contributed by atoms with Gasteiger partial charge in [-0.15, -0.1) is 0 Å². The van der Waals surface area contributed by atoms with E-state index >= 15 is 0 Å². The number of likely N-dealkylation sites (tertiary alicyclic amines) is 2. The lowest BCUT2D eigenvalue weighted by molar-refractivity contribution is -0.171. The van der Waals surface area contributed by atoms with Crippen molar-refractivity contribution in [2.24, 2.45) is 23.2 Å². The highest BCUT2D eigenvalue weighted by Crippen LogP contribution is 2.57. The third-order valence-electron chi connectivity index (χ3n) is 6.91. The van der Waals surface area contributed by atoms with Crippen molar-refractivity contribution in [2.75, 3.05) is 46.9 Å². The molecule has 2 saturated heterocycles. The molecule has 2 aliphatic heterocycles. The van der Waals surface area contributed by atoms with Gasteiger partial charge in [0.05, 0.1) is 13.7 Å². The first-order chi connectivity index (χ1) is 12.0. The van der Waals surface area contributed by atoms with Gasteiger partial charge in [-0.25, -0.2) is 9.86 Å². The van der Waals surface area contributed by atoms with Gasteiger partial charge >= 0.3 is 6.09 Å². The first-order valence-electron chi connectivity index (χ1n) is 9.45. The largest absolute Gasteiger partial charge is 0.450 e. The van der Waals surface area contributed by atoms with Gasteiger partial charge in [-0.3, -0.25) is 14.5 Å². The molecule has 2 atom stereocenters. The van der Waals surface area contributed by atoms with Crippen LogP contribution in [0.15, 0.2) is 0 Å². The molecule has 2 amide bonds. The quantitative estimate of drug-likeness (QED) is 0.712. The van der Waals surface area contributed by atoms with Crippen molar-refractivity contribution in [2.45, 2.75) is 32.2 Å². The summed E-state index contributed by atoms with van der Waals surface area (Å²) in [5, 5.41) is 1.37. The molecule has 4 aliphatic rings. The molecule has 25 heavy (non-hydrogen) atoms. The highest BCUT2D eigenvalue weighted by Gasteiger charge is 2.62. The SMILES string of the molecule is CCOC(=O)N1CCC2(CC(N3CC4C(C3)C4C(=O)N(C)OC)C2)C1. The van der Waals surface area contributed by atoms with E-state index in [2.05, 4.69) is 4.90 Å². The van der Waals surface area contributed by atoms with E-state index in [1.54, 1.807) is 7.05 Å². The minimum absolute atomic E-state index is 0.128. The van der Waals surface area contributed by atoms with Gasteiger partial charge in [0.2, 0.25) is 5.91 Å². The van der Waals surface area contributed by atoms with Crippen LogP contribution in [-0.2, 0) is 14.4 Å². The Morgan fingerprint density at radius 3 is 2.52 bits per heavy atom. The van der Waals surface area contributed by atoms with E-state index in [0.717, 1.165) is 32.6 Å². The van der Waals surface area contributed by atoms with Crippen LogP contribution in [0.4, 0.5) is 4.79 Å². The third kappa shape index (κ3) is 2.81. The maximum Gasteiger partial charge on any atom is 0.409 e. The minimum atomic E-state index is -0.158. The molecule has 0 radical (unpaired) electrons. The summed E-state index contributed by atoms with van der Waals surface area (Å²) in [5.74, 6) is 1.33. The zero-order valence-electron chi connectivity index (χ0n) is 15.4. The number of hydroxylamine groups is 2. The molecule has 1 spiro atoms. The van der Waals surface area contributed by atoms with E-state index in [4.69, 9.17) is 9.57 Å². The van der Waals surface area contributed by atoms with Crippen molar-refractivity contribution < 1.29 is 19.2 Å². The Kier molecular flexibility index (Phi) is 4.19. The van der Waals surface area contributed by atoms with Gasteiger partial charge in [-0.05, 0) is 43.4 Å². The molecule has 4 rings (SSSR count). The Balaban J connectivity index is 1.23. The molecule has 2 aliphatic carbocycles. The van der Waals surface area contributed by atoms with Gasteiger partial charge in [-0.2, -0.15) is 0 Å². The normalized spacial score (nSPS) is 39.2. The molecule has 0 N–H and O–H groups in total. The van der Waals surface area contributed by atoms with Gasteiger partial charge < -0.3 is 9.64 Å². The number of hydrogen-bond acceptors (Lipinski definition) is 5. The molecule has 2 heterocycles. The summed E-state index contributed by atoms with van der Waals surface area (Å²) in [5.41, 5.74) is 0.315. The van der Waals surface area contributed by atoms with Crippen LogP contribution in [0.3, 0.4) is 0 Å². The maximum atomic E-state index is 12.2. The van der Waals surface area contributed by atoms with Gasteiger partial charge in [0.25, 0.3) is 0 Å². The van der Waals surface area contributed by atoms with Crippen LogP contribution < -0.4 is 0 Å². The maximum absolute atomic E-state index is 12.2. The van der Waals surface area contributed by atoms with E-state index in [-0.39, 0.29) is 17.9 Å². The zero-order valence-corrected chi connectivity index (χ0v) is 15.4. The van der Waals surface area contributed by atoms with Crippen LogP contribution in [0.25, 0.3) is 0 Å². The van der Waals surface area contributed by atoms with Crippen LogP contribution in [0.2, 0.25) is 0 Å². The van der Waals surface area contributed by atoms with Gasteiger partial charge in [0, 0.05) is 45.2 Å². The summed E-state index contributed by atoms with van der Waals surface area (Å²) in [6.07, 6.45) is 3.30. The molecule has 7 heteroatoms. The van der Waals surface area contributed by atoms with Crippen LogP contribution in [0.1, 0.15) is 26.2 Å². The van der Waals surface area contributed by atoms with E-state index in [1.165, 1.54) is 25.0 Å². The standard InChI is InChI=1S/C18H29N3O4/c1-4-25-17(23)20-6-5-18(11-20)7-12(8-18)21-9-13-14(10-21)15(13)16(22)19(2)24-3/h12-15H,4-11H2,1-3H3. The molecule has 0 bridgehead atoms. The summed E-state index contributed by atoms with van der Waals surface area (Å²) >= 11 is 0. The number of carbonyl (C=O) groups is 2. The minimum Gasteiger partial charge on any atom is -0.450 e. The second kappa shape index (κ2) is 6.13. The van der Waals surface area contributed by atoms with Crippen molar-refractivity contribution in [3.05, 3.63) is 0 Å². The Hall–Kier alpha value is -1.34. The molecule has 2 saturated carbocycles. The van der Waals surface area contributed by atoms with Crippen LogP contribution in [0, 0.1) is 23.2 Å². The fourth-order valence-corrected chi connectivity index (χ4v) is 5.36. The van der Waals surface area contributed by atoms with Crippen LogP contribution >= 0.6 is 0 Å². The lowest BCUT2D eigenvalue weighted by Gasteiger charge is -2.49. The van der Waals surface area contributed by atoms with E-state index in [9.17, 15) is 9.59 Å². The fraction of sp³-hybridized carbons (Fsp3) is 0.889. The molecule has 0 aromatic carbocycles. The number of carbonyl (C=O) groups excluding carboxylic acids is 2. The van der Waals surface area contributed by atoms with Crippen LogP contribution in [-0.4, -0.2) is 79.8 Å². The second-order valence-electron chi connectivity index (χ2n) is 8.26. The summed E-state index contributed by atoms with van der Waals surface area (Å²) in [7, 11) is 3.23. The molecular weight excluding hydrogens is 322 g/mol. The fourth-order valence-electron chi connectivity index (χ4n) is 5.36. The van der Waals surface area contributed by atoms with E-state index < -0.39 is 0 Å². The Morgan fingerprint density at radius 2 is 1.92 bits per heavy atom. The number of piperidine rings is 1. The Labute approximate surface area is 149 Å². The van der Waals surface area contributed by atoms with Crippen molar-refractivity contribution in [1.82, 2.24) is 14.9 Å². The second-order valence-corrected chi connectivity index (χ2v) is 8.26. The number of fused-ring (bicyclic) bond motifs is 1. The smallest absolute Gasteiger partial charge is 0.409 e.